The lowest BCUT2D eigenvalue weighted by molar-refractivity contribution is 0.533. The lowest BCUT2D eigenvalue weighted by Gasteiger charge is -2.14. The van der Waals surface area contributed by atoms with E-state index in [0.29, 0.717) is 0 Å². The van der Waals surface area contributed by atoms with E-state index in [-0.39, 0.29) is 6.04 Å². The summed E-state index contributed by atoms with van der Waals surface area (Å²) in [5.74, 6) is 0. The predicted octanol–water partition coefficient (Wildman–Crippen LogP) is 2.17. The van der Waals surface area contributed by atoms with Crippen molar-refractivity contribution in [3.63, 3.8) is 0 Å². The highest BCUT2D eigenvalue weighted by molar-refractivity contribution is 7.07. The van der Waals surface area contributed by atoms with E-state index in [9.17, 15) is 0 Å². The molecular weight excluding hydrogens is 232 g/mol. The number of rotatable bonds is 5. The Morgan fingerprint density at radius 3 is 2.94 bits per heavy atom. The first-order valence-electron chi connectivity index (χ1n) is 5.83. The summed E-state index contributed by atoms with van der Waals surface area (Å²) in [5, 5.41) is 9.88. The molecule has 4 nitrogen and oxygen atoms in total. The minimum atomic E-state index is 0.266. The molecule has 0 bridgehead atoms. The molecule has 1 atom stereocenters. The zero-order chi connectivity index (χ0) is 12.3. The predicted molar refractivity (Wildman–Crippen MR) is 70.3 cm³/mol. The van der Waals surface area contributed by atoms with Crippen molar-refractivity contribution in [1.82, 2.24) is 20.1 Å². The van der Waals surface area contributed by atoms with Gasteiger partial charge in [0.15, 0.2) is 0 Å². The van der Waals surface area contributed by atoms with E-state index >= 15 is 0 Å². The Morgan fingerprint density at radius 1 is 1.53 bits per heavy atom. The van der Waals surface area contributed by atoms with Crippen molar-refractivity contribution in [2.45, 2.75) is 32.9 Å². The monoisotopic (exact) mass is 250 g/mol. The lowest BCUT2D eigenvalue weighted by Crippen LogP contribution is -2.20. The molecule has 5 heteroatoms. The van der Waals surface area contributed by atoms with E-state index in [2.05, 4.69) is 38.5 Å². The lowest BCUT2D eigenvalue weighted by atomic mass is 10.1. The molecule has 0 aromatic carbocycles. The molecular formula is C12H18N4S. The minimum absolute atomic E-state index is 0.266. The summed E-state index contributed by atoms with van der Waals surface area (Å²) in [7, 11) is 1.98. The van der Waals surface area contributed by atoms with E-state index in [1.165, 1.54) is 5.69 Å². The third-order valence-corrected chi connectivity index (χ3v) is 3.46. The molecule has 0 saturated heterocycles. The molecule has 0 amide bonds. The molecule has 1 unspecified atom stereocenters. The Morgan fingerprint density at radius 2 is 2.35 bits per heavy atom. The van der Waals surface area contributed by atoms with Crippen molar-refractivity contribution in [2.75, 3.05) is 7.05 Å². The second kappa shape index (κ2) is 5.42. The summed E-state index contributed by atoms with van der Waals surface area (Å²) >= 11 is 1.64. The second-order valence-corrected chi connectivity index (χ2v) is 4.77. The van der Waals surface area contributed by atoms with E-state index in [4.69, 9.17) is 0 Å². The second-order valence-electron chi connectivity index (χ2n) is 4.05. The Bertz CT molecular complexity index is 461. The topological polar surface area (TPSA) is 42.7 Å². The molecule has 1 N–H and O–H groups in total. The van der Waals surface area contributed by atoms with Gasteiger partial charge in [0.1, 0.15) is 0 Å². The Hall–Kier alpha value is -1.20. The van der Waals surface area contributed by atoms with Crippen molar-refractivity contribution in [2.24, 2.45) is 0 Å². The SMILES string of the molecule is CCn1nc(C)cc1CC(NC)c1cscn1. The molecule has 0 aliphatic rings. The molecule has 0 saturated carbocycles. The smallest absolute Gasteiger partial charge is 0.0795 e. The number of likely N-dealkylation sites (N-methyl/N-ethyl adjacent to an activating group) is 1. The fourth-order valence-corrected chi connectivity index (χ4v) is 2.60. The van der Waals surface area contributed by atoms with Gasteiger partial charge in [0.05, 0.1) is 22.9 Å². The van der Waals surface area contributed by atoms with E-state index in [0.717, 1.165) is 24.4 Å². The van der Waals surface area contributed by atoms with Crippen LogP contribution >= 0.6 is 11.3 Å². The first kappa shape index (κ1) is 12.3. The largest absolute Gasteiger partial charge is 0.311 e. The molecule has 0 aliphatic carbocycles. The van der Waals surface area contributed by atoms with E-state index in [1.807, 2.05) is 19.5 Å². The zero-order valence-electron chi connectivity index (χ0n) is 10.5. The molecule has 17 heavy (non-hydrogen) atoms. The van der Waals surface area contributed by atoms with Crippen LogP contribution < -0.4 is 5.32 Å². The first-order chi connectivity index (χ1) is 8.24. The average Bonchev–Trinajstić information content (AvgIpc) is 2.94. The molecule has 0 fully saturated rings. The number of nitrogens with zero attached hydrogens (tertiary/aromatic N) is 3. The van der Waals surface area contributed by atoms with Crippen LogP contribution in [0.15, 0.2) is 17.0 Å². The van der Waals surface area contributed by atoms with Crippen molar-refractivity contribution >= 4 is 11.3 Å². The van der Waals surface area contributed by atoms with Crippen molar-refractivity contribution < 1.29 is 0 Å². The molecule has 2 aromatic heterocycles. The van der Waals surface area contributed by atoms with Gasteiger partial charge in [-0.15, -0.1) is 11.3 Å². The summed E-state index contributed by atoms with van der Waals surface area (Å²) in [5.41, 5.74) is 5.33. The number of aryl methyl sites for hydroxylation is 2. The molecule has 0 spiro atoms. The van der Waals surface area contributed by atoms with Crippen LogP contribution in [-0.4, -0.2) is 21.8 Å². The maximum atomic E-state index is 4.47. The number of hydrogen-bond acceptors (Lipinski definition) is 4. The minimum Gasteiger partial charge on any atom is -0.311 e. The van der Waals surface area contributed by atoms with E-state index in [1.54, 1.807) is 11.3 Å². The first-order valence-corrected chi connectivity index (χ1v) is 6.77. The molecule has 0 aliphatic heterocycles. The molecule has 2 aromatic rings. The maximum absolute atomic E-state index is 4.47. The Labute approximate surface area is 106 Å². The van der Waals surface area contributed by atoms with Crippen molar-refractivity contribution in [3.8, 4) is 0 Å². The van der Waals surface area contributed by atoms with Crippen molar-refractivity contribution in [1.29, 1.82) is 0 Å². The van der Waals surface area contributed by atoms with Crippen LogP contribution in [0.2, 0.25) is 0 Å². The maximum Gasteiger partial charge on any atom is 0.0795 e. The third-order valence-electron chi connectivity index (χ3n) is 2.86. The summed E-state index contributed by atoms with van der Waals surface area (Å²) in [6, 6.07) is 2.42. The fraction of sp³-hybridized carbons (Fsp3) is 0.500. The Balaban J connectivity index is 2.18. The van der Waals surface area contributed by atoms with Crippen LogP contribution in [0, 0.1) is 6.92 Å². The fourth-order valence-electron chi connectivity index (χ4n) is 1.99. The van der Waals surface area contributed by atoms with Crippen LogP contribution in [0.4, 0.5) is 0 Å². The quantitative estimate of drug-likeness (QED) is 0.884. The molecule has 2 heterocycles. The van der Waals surface area contributed by atoms with Gasteiger partial charge in [-0.05, 0) is 27.0 Å². The summed E-state index contributed by atoms with van der Waals surface area (Å²) < 4.78 is 2.06. The van der Waals surface area contributed by atoms with Crippen molar-refractivity contribution in [3.05, 3.63) is 34.0 Å². The highest BCUT2D eigenvalue weighted by Gasteiger charge is 2.15. The molecule has 2 rings (SSSR count). The van der Waals surface area contributed by atoms with Gasteiger partial charge < -0.3 is 5.32 Å². The van der Waals surface area contributed by atoms with Crippen LogP contribution in [0.25, 0.3) is 0 Å². The summed E-state index contributed by atoms with van der Waals surface area (Å²) in [4.78, 5) is 4.37. The number of thiazole rings is 1. The normalized spacial score (nSPS) is 12.9. The van der Waals surface area contributed by atoms with Crippen LogP contribution in [-0.2, 0) is 13.0 Å². The summed E-state index contributed by atoms with van der Waals surface area (Å²) in [6.07, 6.45) is 0.926. The highest BCUT2D eigenvalue weighted by Crippen LogP contribution is 2.18. The standard InChI is InChI=1S/C12H18N4S/c1-4-16-10(5-9(2)15-16)6-11(13-3)12-7-17-8-14-12/h5,7-8,11,13H,4,6H2,1-3H3. The third kappa shape index (κ3) is 2.73. The number of aromatic nitrogens is 3. The van der Waals surface area contributed by atoms with Gasteiger partial charge in [-0.25, -0.2) is 4.98 Å². The van der Waals surface area contributed by atoms with Gasteiger partial charge in [-0.3, -0.25) is 4.68 Å². The number of nitrogens with one attached hydrogen (secondary N) is 1. The van der Waals surface area contributed by atoms with Gasteiger partial charge in [0.25, 0.3) is 0 Å². The van der Waals surface area contributed by atoms with Gasteiger partial charge >= 0.3 is 0 Å². The molecule has 92 valence electrons. The Kier molecular flexibility index (Phi) is 3.91. The van der Waals surface area contributed by atoms with Gasteiger partial charge in [-0.2, -0.15) is 5.10 Å². The van der Waals surface area contributed by atoms with Crippen LogP contribution in [0.3, 0.4) is 0 Å². The van der Waals surface area contributed by atoms with E-state index < -0.39 is 0 Å². The average molecular weight is 250 g/mol. The zero-order valence-corrected chi connectivity index (χ0v) is 11.3. The number of hydrogen-bond donors (Lipinski definition) is 1. The summed E-state index contributed by atoms with van der Waals surface area (Å²) in [6.45, 7) is 5.07. The highest BCUT2D eigenvalue weighted by atomic mass is 32.1. The van der Waals surface area contributed by atoms with Crippen LogP contribution in [0.5, 0.6) is 0 Å². The van der Waals surface area contributed by atoms with Gasteiger partial charge in [0, 0.05) is 24.0 Å². The van der Waals surface area contributed by atoms with Gasteiger partial charge in [0.2, 0.25) is 0 Å². The molecule has 0 radical (unpaired) electrons. The van der Waals surface area contributed by atoms with Gasteiger partial charge in [-0.1, -0.05) is 0 Å². The van der Waals surface area contributed by atoms with Crippen LogP contribution in [0.1, 0.15) is 30.0 Å².